The second-order valence-corrected chi connectivity index (χ2v) is 7.08. The first-order chi connectivity index (χ1) is 4.84. The van der Waals surface area contributed by atoms with Crippen LogP contribution in [0.4, 0.5) is 0 Å². The van der Waals surface area contributed by atoms with Crippen LogP contribution >= 0.6 is 0 Å². The van der Waals surface area contributed by atoms with E-state index in [-0.39, 0.29) is 0 Å². The Morgan fingerprint density at radius 1 is 1.27 bits per heavy atom. The topological polar surface area (TPSA) is 9.23 Å². The Hall–Kier alpha value is 0.177. The molecule has 0 radical (unpaired) electrons. The van der Waals surface area contributed by atoms with Crippen LogP contribution in [0.2, 0.25) is 13.1 Å². The van der Waals surface area contributed by atoms with E-state index in [1.54, 1.807) is 0 Å². The van der Waals surface area contributed by atoms with Crippen LogP contribution in [-0.4, -0.2) is 15.6 Å². The minimum atomic E-state index is -0.798. The Morgan fingerprint density at radius 2 is 1.73 bits per heavy atom. The highest BCUT2D eigenvalue weighted by Crippen LogP contribution is 2.25. The molecule has 0 aliphatic carbocycles. The molecule has 0 saturated carbocycles. The van der Waals surface area contributed by atoms with Gasteiger partial charge in [0, 0.05) is 6.61 Å². The molecule has 0 N–H and O–H groups in total. The van der Waals surface area contributed by atoms with Crippen molar-refractivity contribution in [1.29, 1.82) is 0 Å². The number of rotatable bonds is 3. The van der Waals surface area contributed by atoms with Crippen molar-refractivity contribution in [2.75, 3.05) is 6.61 Å². The standard InChI is InChI=1S/C9H22OSi/c1-8(9(2,3)4)7-10-11(5)6/h8,11H,7H2,1-6H3. The van der Waals surface area contributed by atoms with Crippen LogP contribution in [0.15, 0.2) is 0 Å². The Balaban J connectivity index is 3.61. The van der Waals surface area contributed by atoms with Crippen LogP contribution in [-0.2, 0) is 4.43 Å². The molecule has 0 aromatic carbocycles. The first-order valence-electron chi connectivity index (χ1n) is 4.45. The summed E-state index contributed by atoms with van der Waals surface area (Å²) in [6.45, 7) is 14.4. The van der Waals surface area contributed by atoms with E-state index in [0.717, 1.165) is 6.61 Å². The van der Waals surface area contributed by atoms with Crippen molar-refractivity contribution >= 4 is 9.04 Å². The van der Waals surface area contributed by atoms with E-state index >= 15 is 0 Å². The van der Waals surface area contributed by atoms with E-state index in [0.29, 0.717) is 11.3 Å². The highest BCUT2D eigenvalue weighted by Gasteiger charge is 2.19. The molecule has 0 heterocycles. The summed E-state index contributed by atoms with van der Waals surface area (Å²) < 4.78 is 5.67. The van der Waals surface area contributed by atoms with Gasteiger partial charge in [0.05, 0.1) is 0 Å². The minimum Gasteiger partial charge on any atom is -0.420 e. The summed E-state index contributed by atoms with van der Waals surface area (Å²) in [5.74, 6) is 0.664. The highest BCUT2D eigenvalue weighted by molar-refractivity contribution is 6.48. The minimum absolute atomic E-state index is 0.392. The molecule has 0 rings (SSSR count). The number of hydrogen-bond acceptors (Lipinski definition) is 1. The fourth-order valence-corrected chi connectivity index (χ4v) is 1.26. The van der Waals surface area contributed by atoms with E-state index < -0.39 is 9.04 Å². The molecule has 11 heavy (non-hydrogen) atoms. The Kier molecular flexibility index (Phi) is 4.33. The zero-order chi connectivity index (χ0) is 9.07. The molecular weight excluding hydrogens is 152 g/mol. The molecule has 2 heteroatoms. The zero-order valence-electron chi connectivity index (χ0n) is 8.77. The van der Waals surface area contributed by atoms with Gasteiger partial charge in [0.2, 0.25) is 0 Å². The maximum atomic E-state index is 5.67. The summed E-state index contributed by atoms with van der Waals surface area (Å²) in [6, 6.07) is 0. The van der Waals surface area contributed by atoms with Gasteiger partial charge in [0.1, 0.15) is 0 Å². The predicted octanol–water partition coefficient (Wildman–Crippen LogP) is 2.67. The van der Waals surface area contributed by atoms with Gasteiger partial charge >= 0.3 is 0 Å². The Bertz CT molecular complexity index is 105. The maximum absolute atomic E-state index is 5.67. The zero-order valence-corrected chi connectivity index (χ0v) is 9.92. The lowest BCUT2D eigenvalue weighted by molar-refractivity contribution is 0.162. The van der Waals surface area contributed by atoms with Gasteiger partial charge in [-0.1, -0.05) is 27.7 Å². The van der Waals surface area contributed by atoms with Gasteiger partial charge in [-0.25, -0.2) is 0 Å². The molecule has 1 unspecified atom stereocenters. The Labute approximate surface area is 72.9 Å². The molecule has 68 valence electrons. The van der Waals surface area contributed by atoms with Gasteiger partial charge in [-0.3, -0.25) is 0 Å². The van der Waals surface area contributed by atoms with Crippen molar-refractivity contribution in [1.82, 2.24) is 0 Å². The fraction of sp³-hybridized carbons (Fsp3) is 1.00. The van der Waals surface area contributed by atoms with Gasteiger partial charge in [-0.15, -0.1) is 0 Å². The third-order valence-electron chi connectivity index (χ3n) is 2.16. The average molecular weight is 174 g/mol. The van der Waals surface area contributed by atoms with E-state index in [4.69, 9.17) is 4.43 Å². The molecule has 0 aromatic rings. The summed E-state index contributed by atoms with van der Waals surface area (Å²) >= 11 is 0. The van der Waals surface area contributed by atoms with Crippen LogP contribution < -0.4 is 0 Å². The Morgan fingerprint density at radius 3 is 2.00 bits per heavy atom. The van der Waals surface area contributed by atoms with Crippen LogP contribution in [0.3, 0.4) is 0 Å². The first kappa shape index (κ1) is 11.2. The van der Waals surface area contributed by atoms with Crippen molar-refractivity contribution in [2.45, 2.75) is 40.8 Å². The molecule has 0 aliphatic rings. The lowest BCUT2D eigenvalue weighted by Crippen LogP contribution is -2.24. The van der Waals surface area contributed by atoms with E-state index in [1.165, 1.54) is 0 Å². The average Bonchev–Trinajstić information content (AvgIpc) is 1.80. The van der Waals surface area contributed by atoms with E-state index in [9.17, 15) is 0 Å². The van der Waals surface area contributed by atoms with Crippen molar-refractivity contribution in [3.63, 3.8) is 0 Å². The second-order valence-electron chi connectivity index (χ2n) is 4.65. The van der Waals surface area contributed by atoms with E-state index in [1.807, 2.05) is 0 Å². The third kappa shape index (κ3) is 5.45. The van der Waals surface area contributed by atoms with Crippen molar-refractivity contribution < 1.29 is 4.43 Å². The van der Waals surface area contributed by atoms with Gasteiger partial charge in [-0.05, 0) is 24.4 Å². The van der Waals surface area contributed by atoms with Crippen LogP contribution in [0.25, 0.3) is 0 Å². The monoisotopic (exact) mass is 174 g/mol. The normalized spacial score (nSPS) is 15.5. The van der Waals surface area contributed by atoms with Crippen LogP contribution in [0, 0.1) is 11.3 Å². The molecule has 0 spiro atoms. The van der Waals surface area contributed by atoms with Gasteiger partial charge in [0.15, 0.2) is 9.04 Å². The van der Waals surface area contributed by atoms with Gasteiger partial charge in [-0.2, -0.15) is 0 Å². The highest BCUT2D eigenvalue weighted by atomic mass is 28.3. The molecule has 0 bridgehead atoms. The fourth-order valence-electron chi connectivity index (χ4n) is 0.587. The third-order valence-corrected chi connectivity index (χ3v) is 3.02. The summed E-state index contributed by atoms with van der Waals surface area (Å²) in [6.07, 6.45) is 0. The molecular formula is C9H22OSi. The maximum Gasteiger partial charge on any atom is 0.170 e. The molecule has 0 aromatic heterocycles. The summed E-state index contributed by atoms with van der Waals surface area (Å²) in [5, 5.41) is 0. The SMILES string of the molecule is CC(CO[SiH](C)C)C(C)(C)C. The van der Waals surface area contributed by atoms with Crippen molar-refractivity contribution in [2.24, 2.45) is 11.3 Å². The van der Waals surface area contributed by atoms with Crippen LogP contribution in [0.1, 0.15) is 27.7 Å². The van der Waals surface area contributed by atoms with Crippen LogP contribution in [0.5, 0.6) is 0 Å². The van der Waals surface area contributed by atoms with Gasteiger partial charge < -0.3 is 4.43 Å². The molecule has 0 saturated heterocycles. The van der Waals surface area contributed by atoms with Gasteiger partial charge in [0.25, 0.3) is 0 Å². The summed E-state index contributed by atoms with van der Waals surface area (Å²) in [7, 11) is -0.798. The number of hydrogen-bond donors (Lipinski definition) is 0. The van der Waals surface area contributed by atoms with Crippen molar-refractivity contribution in [3.8, 4) is 0 Å². The first-order valence-corrected chi connectivity index (χ1v) is 7.23. The van der Waals surface area contributed by atoms with Crippen molar-refractivity contribution in [3.05, 3.63) is 0 Å². The summed E-state index contributed by atoms with van der Waals surface area (Å²) in [5.41, 5.74) is 0.392. The molecule has 1 atom stereocenters. The molecule has 0 fully saturated rings. The summed E-state index contributed by atoms with van der Waals surface area (Å²) in [4.78, 5) is 0. The molecule has 0 aliphatic heterocycles. The lowest BCUT2D eigenvalue weighted by Gasteiger charge is -2.27. The predicted molar refractivity (Wildman–Crippen MR) is 53.4 cm³/mol. The smallest absolute Gasteiger partial charge is 0.170 e. The lowest BCUT2D eigenvalue weighted by atomic mass is 9.83. The second kappa shape index (κ2) is 4.26. The quantitative estimate of drug-likeness (QED) is 0.598. The molecule has 1 nitrogen and oxygen atoms in total. The molecule has 0 amide bonds. The van der Waals surface area contributed by atoms with E-state index in [2.05, 4.69) is 40.8 Å². The largest absolute Gasteiger partial charge is 0.420 e.